The highest BCUT2D eigenvalue weighted by Crippen LogP contribution is 2.19. The molecular weight excluding hydrogens is 168 g/mol. The first-order chi connectivity index (χ1) is 6.57. The summed E-state index contributed by atoms with van der Waals surface area (Å²) in [4.78, 5) is 0. The summed E-state index contributed by atoms with van der Waals surface area (Å²) in [6.45, 7) is 12.8. The third-order valence-corrected chi connectivity index (χ3v) is 2.74. The Labute approximate surface area is 90.1 Å². The van der Waals surface area contributed by atoms with Gasteiger partial charge in [-0.25, -0.2) is 0 Å². The molecule has 0 heteroatoms. The van der Waals surface area contributed by atoms with Gasteiger partial charge in [-0.3, -0.25) is 0 Å². The molecule has 1 atom stereocenters. The Bertz CT molecular complexity index is 186. The van der Waals surface area contributed by atoms with E-state index in [9.17, 15) is 0 Å². The quantitative estimate of drug-likeness (QED) is 0.390. The minimum atomic E-state index is 0.726. The summed E-state index contributed by atoms with van der Waals surface area (Å²) in [5.74, 6) is 0.726. The van der Waals surface area contributed by atoms with E-state index in [0.717, 1.165) is 5.92 Å². The van der Waals surface area contributed by atoms with Gasteiger partial charge in [0, 0.05) is 0 Å². The fraction of sp³-hybridized carbons (Fsp3) is 0.714. The topological polar surface area (TPSA) is 0 Å². The Hall–Kier alpha value is -0.520. The van der Waals surface area contributed by atoms with Gasteiger partial charge in [-0.15, -0.1) is 0 Å². The highest BCUT2D eigenvalue weighted by atomic mass is 14.1. The number of unbranched alkanes of at least 4 members (excludes halogenated alkanes) is 3. The Morgan fingerprint density at radius 2 is 1.86 bits per heavy atom. The van der Waals surface area contributed by atoms with Crippen molar-refractivity contribution >= 4 is 0 Å². The first-order valence-corrected chi connectivity index (χ1v) is 5.91. The molecule has 0 aliphatic rings. The number of allylic oxidation sites excluding steroid dienone is 3. The number of hydrogen-bond donors (Lipinski definition) is 0. The zero-order chi connectivity index (χ0) is 11.0. The van der Waals surface area contributed by atoms with Crippen molar-refractivity contribution in [2.75, 3.05) is 0 Å². The molecule has 0 saturated heterocycles. The molecule has 0 fully saturated rings. The Morgan fingerprint density at radius 3 is 2.36 bits per heavy atom. The molecule has 0 aromatic heterocycles. The second kappa shape index (κ2) is 7.84. The molecule has 0 aliphatic carbocycles. The maximum absolute atomic E-state index is 3.91. The Morgan fingerprint density at radius 1 is 1.21 bits per heavy atom. The van der Waals surface area contributed by atoms with E-state index in [1.165, 1.54) is 43.3 Å². The molecule has 14 heavy (non-hydrogen) atoms. The van der Waals surface area contributed by atoms with Crippen LogP contribution >= 0.6 is 0 Å². The van der Waals surface area contributed by atoms with Crippen molar-refractivity contribution in [1.29, 1.82) is 0 Å². The summed E-state index contributed by atoms with van der Waals surface area (Å²) in [6.07, 6.45) is 9.02. The van der Waals surface area contributed by atoms with Crippen molar-refractivity contribution in [2.24, 2.45) is 5.92 Å². The fourth-order valence-corrected chi connectivity index (χ4v) is 1.64. The van der Waals surface area contributed by atoms with Gasteiger partial charge in [-0.05, 0) is 26.2 Å². The molecular formula is C14H26. The van der Waals surface area contributed by atoms with Crippen molar-refractivity contribution in [3.8, 4) is 0 Å². The summed E-state index contributed by atoms with van der Waals surface area (Å²) in [5, 5.41) is 0. The summed E-state index contributed by atoms with van der Waals surface area (Å²) >= 11 is 0. The zero-order valence-corrected chi connectivity index (χ0v) is 10.4. The van der Waals surface area contributed by atoms with Gasteiger partial charge in [0.25, 0.3) is 0 Å². The van der Waals surface area contributed by atoms with Crippen molar-refractivity contribution in [1.82, 2.24) is 0 Å². The highest BCUT2D eigenvalue weighted by Gasteiger charge is 2.03. The molecule has 0 rings (SSSR count). The normalized spacial score (nSPS) is 14.1. The predicted octanol–water partition coefficient (Wildman–Crippen LogP) is 5.12. The van der Waals surface area contributed by atoms with Crippen molar-refractivity contribution in [3.63, 3.8) is 0 Å². The standard InChI is InChI=1S/C14H26/c1-6-7-8-9-10-13(4)14(5)11-12(2)3/h11,13H,2,6-10H2,1,3-5H3. The van der Waals surface area contributed by atoms with E-state index in [4.69, 9.17) is 0 Å². The minimum Gasteiger partial charge on any atom is -0.0961 e. The van der Waals surface area contributed by atoms with Gasteiger partial charge in [0.1, 0.15) is 0 Å². The number of rotatable bonds is 7. The van der Waals surface area contributed by atoms with Crippen LogP contribution in [0.25, 0.3) is 0 Å². The average Bonchev–Trinajstić information content (AvgIpc) is 2.11. The van der Waals surface area contributed by atoms with Crippen LogP contribution in [0.15, 0.2) is 23.8 Å². The molecule has 0 bridgehead atoms. The van der Waals surface area contributed by atoms with E-state index in [1.807, 2.05) is 0 Å². The lowest BCUT2D eigenvalue weighted by atomic mass is 9.94. The molecule has 0 saturated carbocycles. The zero-order valence-electron chi connectivity index (χ0n) is 10.4. The first kappa shape index (κ1) is 13.5. The second-order valence-electron chi connectivity index (χ2n) is 4.49. The van der Waals surface area contributed by atoms with Crippen LogP contribution in [0.3, 0.4) is 0 Å². The van der Waals surface area contributed by atoms with Crippen LogP contribution in [0, 0.1) is 5.92 Å². The lowest BCUT2D eigenvalue weighted by Crippen LogP contribution is -1.96. The van der Waals surface area contributed by atoms with E-state index in [0.29, 0.717) is 0 Å². The van der Waals surface area contributed by atoms with Crippen LogP contribution in [0.5, 0.6) is 0 Å². The molecule has 0 N–H and O–H groups in total. The van der Waals surface area contributed by atoms with Gasteiger partial charge in [-0.1, -0.05) is 63.3 Å². The van der Waals surface area contributed by atoms with Gasteiger partial charge < -0.3 is 0 Å². The number of hydrogen-bond acceptors (Lipinski definition) is 0. The van der Waals surface area contributed by atoms with Crippen molar-refractivity contribution in [3.05, 3.63) is 23.8 Å². The van der Waals surface area contributed by atoms with E-state index in [1.54, 1.807) is 0 Å². The third-order valence-electron chi connectivity index (χ3n) is 2.74. The lowest BCUT2D eigenvalue weighted by molar-refractivity contribution is 0.542. The Balaban J connectivity index is 3.72. The molecule has 0 aliphatic heterocycles. The molecule has 0 amide bonds. The van der Waals surface area contributed by atoms with E-state index < -0.39 is 0 Å². The monoisotopic (exact) mass is 194 g/mol. The molecule has 82 valence electrons. The largest absolute Gasteiger partial charge is 0.0961 e. The summed E-state index contributed by atoms with van der Waals surface area (Å²) in [5.41, 5.74) is 2.65. The summed E-state index contributed by atoms with van der Waals surface area (Å²) in [6, 6.07) is 0. The molecule has 0 spiro atoms. The van der Waals surface area contributed by atoms with Crippen LogP contribution in [-0.2, 0) is 0 Å². The van der Waals surface area contributed by atoms with Gasteiger partial charge in [0.15, 0.2) is 0 Å². The maximum Gasteiger partial charge on any atom is -0.0231 e. The van der Waals surface area contributed by atoms with E-state index in [-0.39, 0.29) is 0 Å². The van der Waals surface area contributed by atoms with Crippen molar-refractivity contribution < 1.29 is 0 Å². The van der Waals surface area contributed by atoms with Gasteiger partial charge in [0.2, 0.25) is 0 Å². The molecule has 0 aromatic carbocycles. The third kappa shape index (κ3) is 6.94. The molecule has 0 aromatic rings. The van der Waals surface area contributed by atoms with Crippen LogP contribution in [0.4, 0.5) is 0 Å². The molecule has 0 radical (unpaired) electrons. The van der Waals surface area contributed by atoms with Gasteiger partial charge >= 0.3 is 0 Å². The van der Waals surface area contributed by atoms with Crippen LogP contribution in [-0.4, -0.2) is 0 Å². The van der Waals surface area contributed by atoms with E-state index in [2.05, 4.69) is 40.3 Å². The average molecular weight is 194 g/mol. The van der Waals surface area contributed by atoms with Crippen LogP contribution < -0.4 is 0 Å². The van der Waals surface area contributed by atoms with Gasteiger partial charge in [-0.2, -0.15) is 0 Å². The Kier molecular flexibility index (Phi) is 7.55. The highest BCUT2D eigenvalue weighted by molar-refractivity contribution is 5.18. The lowest BCUT2D eigenvalue weighted by Gasteiger charge is -2.12. The van der Waals surface area contributed by atoms with E-state index >= 15 is 0 Å². The minimum absolute atomic E-state index is 0.726. The predicted molar refractivity (Wildman–Crippen MR) is 66.5 cm³/mol. The summed E-state index contributed by atoms with van der Waals surface area (Å²) in [7, 11) is 0. The van der Waals surface area contributed by atoms with Crippen LogP contribution in [0.1, 0.15) is 59.8 Å². The summed E-state index contributed by atoms with van der Waals surface area (Å²) < 4.78 is 0. The van der Waals surface area contributed by atoms with Gasteiger partial charge in [0.05, 0.1) is 0 Å². The second-order valence-corrected chi connectivity index (χ2v) is 4.49. The molecule has 0 nitrogen and oxygen atoms in total. The SMILES string of the molecule is C=C(C)C=C(C)C(C)CCCCCC. The first-order valence-electron chi connectivity index (χ1n) is 5.91. The van der Waals surface area contributed by atoms with Crippen molar-refractivity contribution in [2.45, 2.75) is 59.8 Å². The molecule has 1 unspecified atom stereocenters. The van der Waals surface area contributed by atoms with Crippen LogP contribution in [0.2, 0.25) is 0 Å². The molecule has 0 heterocycles. The smallest absolute Gasteiger partial charge is 0.0231 e. The fourth-order valence-electron chi connectivity index (χ4n) is 1.64. The maximum atomic E-state index is 3.91.